The van der Waals surface area contributed by atoms with Gasteiger partial charge in [0.2, 0.25) is 0 Å². The first-order chi connectivity index (χ1) is 6.99. The molecule has 0 aliphatic carbocycles. The minimum absolute atomic E-state index is 0.352. The molecule has 15 heavy (non-hydrogen) atoms. The molecule has 1 N–H and O–H groups in total. The zero-order valence-electron chi connectivity index (χ0n) is 8.70. The Labute approximate surface area is 90.4 Å². The lowest BCUT2D eigenvalue weighted by atomic mass is 10.4. The lowest BCUT2D eigenvalue weighted by Crippen LogP contribution is -2.38. The summed E-state index contributed by atoms with van der Waals surface area (Å²) in [5, 5.41) is -0.858. The van der Waals surface area contributed by atoms with Crippen LogP contribution in [0.25, 0.3) is 0 Å². The van der Waals surface area contributed by atoms with Crippen LogP contribution < -0.4 is 0 Å². The Balaban J connectivity index is 2.67. The SMILES string of the molecule is C=CCN1C=CN(C(CC)S(=O)(=O)O)C1. The maximum absolute atomic E-state index is 11.1. The van der Waals surface area contributed by atoms with E-state index in [1.165, 1.54) is 0 Å². The molecule has 1 atom stereocenters. The maximum Gasteiger partial charge on any atom is 0.286 e. The van der Waals surface area contributed by atoms with Crippen molar-refractivity contribution in [1.29, 1.82) is 0 Å². The molecule has 0 saturated carbocycles. The van der Waals surface area contributed by atoms with E-state index in [-0.39, 0.29) is 0 Å². The van der Waals surface area contributed by atoms with Gasteiger partial charge in [0.1, 0.15) is 0 Å². The minimum Gasteiger partial charge on any atom is -0.355 e. The zero-order chi connectivity index (χ0) is 11.5. The normalized spacial score (nSPS) is 18.3. The van der Waals surface area contributed by atoms with Gasteiger partial charge in [-0.3, -0.25) is 4.55 Å². The van der Waals surface area contributed by atoms with E-state index in [9.17, 15) is 8.42 Å². The molecule has 5 nitrogen and oxygen atoms in total. The fourth-order valence-electron chi connectivity index (χ4n) is 1.57. The smallest absolute Gasteiger partial charge is 0.286 e. The third kappa shape index (κ3) is 2.97. The summed E-state index contributed by atoms with van der Waals surface area (Å²) in [6.07, 6.45) is 5.55. The standard InChI is InChI=1S/C9H16N2O3S/c1-3-5-10-6-7-11(8-10)9(4-2)15(12,13)14/h3,6-7,9H,1,4-5,8H2,2H3,(H,12,13,14). The quantitative estimate of drug-likeness (QED) is 0.562. The Kier molecular flexibility index (Phi) is 3.76. The predicted molar refractivity (Wildman–Crippen MR) is 58.4 cm³/mol. The number of rotatable bonds is 5. The van der Waals surface area contributed by atoms with E-state index >= 15 is 0 Å². The van der Waals surface area contributed by atoms with E-state index in [4.69, 9.17) is 4.55 Å². The van der Waals surface area contributed by atoms with Gasteiger partial charge in [-0.2, -0.15) is 8.42 Å². The molecule has 0 amide bonds. The molecule has 1 heterocycles. The Hall–Kier alpha value is -1.01. The van der Waals surface area contributed by atoms with E-state index < -0.39 is 15.5 Å². The van der Waals surface area contributed by atoms with E-state index in [0.717, 1.165) is 0 Å². The van der Waals surface area contributed by atoms with Crippen LogP contribution in [0.5, 0.6) is 0 Å². The highest BCUT2D eigenvalue weighted by atomic mass is 32.2. The molecule has 0 fully saturated rings. The minimum atomic E-state index is -4.01. The second kappa shape index (κ2) is 4.67. The lowest BCUT2D eigenvalue weighted by Gasteiger charge is -2.26. The largest absolute Gasteiger partial charge is 0.355 e. The maximum atomic E-state index is 11.1. The molecule has 1 aliphatic rings. The molecule has 0 spiro atoms. The Morgan fingerprint density at radius 1 is 1.60 bits per heavy atom. The first-order valence-corrected chi connectivity index (χ1v) is 6.24. The van der Waals surface area contributed by atoms with E-state index in [2.05, 4.69) is 6.58 Å². The summed E-state index contributed by atoms with van der Waals surface area (Å²) in [5.74, 6) is 0. The van der Waals surface area contributed by atoms with E-state index in [1.54, 1.807) is 30.3 Å². The van der Waals surface area contributed by atoms with Gasteiger partial charge >= 0.3 is 0 Å². The van der Waals surface area contributed by atoms with Crippen LogP contribution in [0.1, 0.15) is 13.3 Å². The highest BCUT2D eigenvalue weighted by molar-refractivity contribution is 7.86. The molecule has 0 bridgehead atoms. The van der Waals surface area contributed by atoms with Gasteiger partial charge in [-0.1, -0.05) is 13.0 Å². The summed E-state index contributed by atoms with van der Waals surface area (Å²) in [6, 6.07) is 0. The van der Waals surface area contributed by atoms with Crippen molar-refractivity contribution < 1.29 is 13.0 Å². The first-order valence-electron chi connectivity index (χ1n) is 4.74. The molecule has 0 aromatic heterocycles. The lowest BCUT2D eigenvalue weighted by molar-refractivity contribution is 0.249. The van der Waals surface area contributed by atoms with E-state index in [0.29, 0.717) is 19.6 Å². The first kappa shape index (κ1) is 12.1. The van der Waals surface area contributed by atoms with Gasteiger partial charge in [0, 0.05) is 18.9 Å². The van der Waals surface area contributed by atoms with Crippen LogP contribution in [0.4, 0.5) is 0 Å². The number of hydrogen-bond donors (Lipinski definition) is 1. The predicted octanol–water partition coefficient (Wildman–Crippen LogP) is 0.843. The molecule has 1 unspecified atom stereocenters. The Morgan fingerprint density at radius 2 is 2.27 bits per heavy atom. The fourth-order valence-corrected chi connectivity index (χ4v) is 2.47. The fraction of sp³-hybridized carbons (Fsp3) is 0.556. The topological polar surface area (TPSA) is 60.9 Å². The molecule has 0 aromatic rings. The van der Waals surface area contributed by atoms with Crippen molar-refractivity contribution in [2.45, 2.75) is 18.7 Å². The van der Waals surface area contributed by atoms with Crippen molar-refractivity contribution in [1.82, 2.24) is 9.80 Å². The van der Waals surface area contributed by atoms with Crippen LogP contribution in [0.3, 0.4) is 0 Å². The third-order valence-electron chi connectivity index (χ3n) is 2.24. The monoisotopic (exact) mass is 232 g/mol. The number of nitrogens with zero attached hydrogens (tertiary/aromatic N) is 2. The average molecular weight is 232 g/mol. The van der Waals surface area contributed by atoms with Crippen LogP contribution >= 0.6 is 0 Å². The second-order valence-electron chi connectivity index (χ2n) is 3.39. The Bertz CT molecular complexity index is 350. The van der Waals surface area contributed by atoms with Crippen LogP contribution in [0.2, 0.25) is 0 Å². The van der Waals surface area contributed by atoms with Gasteiger partial charge in [-0.25, -0.2) is 0 Å². The van der Waals surface area contributed by atoms with Gasteiger partial charge in [0.25, 0.3) is 10.1 Å². The summed E-state index contributed by atoms with van der Waals surface area (Å²) >= 11 is 0. The highest BCUT2D eigenvalue weighted by Crippen LogP contribution is 2.16. The van der Waals surface area contributed by atoms with E-state index in [1.807, 2.05) is 4.90 Å². The summed E-state index contributed by atoms with van der Waals surface area (Å²) in [5.41, 5.74) is 0. The Morgan fingerprint density at radius 3 is 2.73 bits per heavy atom. The summed E-state index contributed by atoms with van der Waals surface area (Å²) in [6.45, 7) is 6.45. The van der Waals surface area contributed by atoms with Crippen molar-refractivity contribution in [2.75, 3.05) is 13.2 Å². The van der Waals surface area contributed by atoms with Gasteiger partial charge in [-0.15, -0.1) is 6.58 Å². The van der Waals surface area contributed by atoms with Gasteiger partial charge in [0.15, 0.2) is 5.37 Å². The molecule has 0 radical (unpaired) electrons. The molecule has 6 heteroatoms. The van der Waals surface area contributed by atoms with Crippen molar-refractivity contribution in [3.8, 4) is 0 Å². The van der Waals surface area contributed by atoms with Crippen molar-refractivity contribution >= 4 is 10.1 Å². The van der Waals surface area contributed by atoms with Gasteiger partial charge < -0.3 is 9.80 Å². The average Bonchev–Trinajstić information content (AvgIpc) is 2.52. The van der Waals surface area contributed by atoms with Gasteiger partial charge in [0.05, 0.1) is 6.67 Å². The van der Waals surface area contributed by atoms with Crippen LogP contribution in [-0.2, 0) is 10.1 Å². The van der Waals surface area contributed by atoms with Crippen LogP contribution in [-0.4, -0.2) is 41.4 Å². The molecule has 1 aliphatic heterocycles. The van der Waals surface area contributed by atoms with Gasteiger partial charge in [-0.05, 0) is 6.42 Å². The van der Waals surface area contributed by atoms with Crippen molar-refractivity contribution in [3.63, 3.8) is 0 Å². The van der Waals surface area contributed by atoms with Crippen LogP contribution in [0, 0.1) is 0 Å². The summed E-state index contributed by atoms with van der Waals surface area (Å²) in [7, 11) is -4.01. The summed E-state index contributed by atoms with van der Waals surface area (Å²) < 4.78 is 31.1. The number of hydrogen-bond acceptors (Lipinski definition) is 4. The summed E-state index contributed by atoms with van der Waals surface area (Å²) in [4.78, 5) is 3.50. The third-order valence-corrected chi connectivity index (χ3v) is 3.53. The molecule has 0 saturated heterocycles. The zero-order valence-corrected chi connectivity index (χ0v) is 9.52. The van der Waals surface area contributed by atoms with Crippen LogP contribution in [0.15, 0.2) is 25.1 Å². The molecular weight excluding hydrogens is 216 g/mol. The highest BCUT2D eigenvalue weighted by Gasteiger charge is 2.28. The molecule has 86 valence electrons. The van der Waals surface area contributed by atoms with Crippen molar-refractivity contribution in [3.05, 3.63) is 25.1 Å². The molecular formula is C9H16N2O3S. The molecule has 1 rings (SSSR count). The molecule has 0 aromatic carbocycles. The second-order valence-corrected chi connectivity index (χ2v) is 4.97. The van der Waals surface area contributed by atoms with Crippen molar-refractivity contribution in [2.24, 2.45) is 0 Å².